The Morgan fingerprint density at radius 3 is 1.82 bits per heavy atom. The fourth-order valence-electron chi connectivity index (χ4n) is 1.41. The highest BCUT2D eigenvalue weighted by Crippen LogP contribution is 2.33. The van der Waals surface area contributed by atoms with Gasteiger partial charge in [0.2, 0.25) is 0 Å². The van der Waals surface area contributed by atoms with Crippen LogP contribution in [0.3, 0.4) is 0 Å². The van der Waals surface area contributed by atoms with Crippen LogP contribution in [0.4, 0.5) is 22.0 Å². The van der Waals surface area contributed by atoms with Crippen molar-refractivity contribution in [2.45, 2.75) is 31.5 Å². The van der Waals surface area contributed by atoms with Crippen molar-refractivity contribution in [2.75, 3.05) is 0 Å². The average Bonchev–Trinajstić information content (AvgIpc) is 2.36. The molecule has 1 rings (SSSR count). The first-order valence-corrected chi connectivity index (χ1v) is 5.81. The molecular weight excluding hydrogens is 315 g/mol. The Hall–Kier alpha value is -2.19. The lowest BCUT2D eigenvalue weighted by atomic mass is 10.00. The number of aliphatic carboxylic acids is 1. The number of hydrogen-bond donors (Lipinski definition) is 1. The second kappa shape index (κ2) is 5.54. The standard InChI is InChI=1S/C13H11F5O4/c1-11(2,12(14,15)10(20)21)22-9(19)7-3-5-8(6-4-7)13(16,17)18/h3-6H,1-2H3,(H,20,21). The van der Waals surface area contributed by atoms with Crippen molar-refractivity contribution in [3.05, 3.63) is 35.4 Å². The predicted molar refractivity (Wildman–Crippen MR) is 63.5 cm³/mol. The van der Waals surface area contributed by atoms with Crippen molar-refractivity contribution in [3.63, 3.8) is 0 Å². The number of carboxylic acids is 1. The monoisotopic (exact) mass is 326 g/mol. The number of ether oxygens (including phenoxy) is 1. The van der Waals surface area contributed by atoms with Crippen molar-refractivity contribution in [2.24, 2.45) is 0 Å². The predicted octanol–water partition coefficient (Wildman–Crippen LogP) is 3.36. The normalized spacial score (nSPS) is 12.9. The number of carbonyl (C=O) groups excluding carboxylic acids is 1. The average molecular weight is 326 g/mol. The van der Waals surface area contributed by atoms with Crippen LogP contribution in [0, 0.1) is 0 Å². The van der Waals surface area contributed by atoms with Crippen LogP contribution in [-0.4, -0.2) is 28.6 Å². The van der Waals surface area contributed by atoms with Gasteiger partial charge < -0.3 is 9.84 Å². The van der Waals surface area contributed by atoms with Crippen LogP contribution in [0.2, 0.25) is 0 Å². The topological polar surface area (TPSA) is 63.6 Å². The third kappa shape index (κ3) is 3.52. The summed E-state index contributed by atoms with van der Waals surface area (Å²) in [6.07, 6.45) is -4.61. The molecular formula is C13H11F5O4. The van der Waals surface area contributed by atoms with E-state index in [-0.39, 0.29) is 0 Å². The van der Waals surface area contributed by atoms with Gasteiger partial charge in [-0.15, -0.1) is 0 Å². The lowest BCUT2D eigenvalue weighted by Crippen LogP contribution is -2.51. The molecule has 0 heterocycles. The Morgan fingerprint density at radius 1 is 1.00 bits per heavy atom. The molecule has 0 atom stereocenters. The zero-order valence-electron chi connectivity index (χ0n) is 11.4. The minimum Gasteiger partial charge on any atom is -0.477 e. The minimum absolute atomic E-state index is 0.415. The summed E-state index contributed by atoms with van der Waals surface area (Å²) in [7, 11) is 0. The highest BCUT2D eigenvalue weighted by Gasteiger charge is 2.56. The van der Waals surface area contributed by atoms with E-state index in [9.17, 15) is 31.5 Å². The molecule has 0 unspecified atom stereocenters. The van der Waals surface area contributed by atoms with Crippen LogP contribution < -0.4 is 0 Å². The van der Waals surface area contributed by atoms with Gasteiger partial charge in [-0.05, 0) is 38.1 Å². The molecule has 0 radical (unpaired) electrons. The maximum absolute atomic E-state index is 13.4. The Morgan fingerprint density at radius 2 is 1.45 bits per heavy atom. The van der Waals surface area contributed by atoms with Crippen molar-refractivity contribution >= 4 is 11.9 Å². The van der Waals surface area contributed by atoms with Gasteiger partial charge >= 0.3 is 24.0 Å². The molecule has 0 saturated carbocycles. The van der Waals surface area contributed by atoms with E-state index in [0.717, 1.165) is 12.1 Å². The number of rotatable bonds is 4. The largest absolute Gasteiger partial charge is 0.477 e. The van der Waals surface area contributed by atoms with Crippen molar-refractivity contribution < 1.29 is 41.4 Å². The molecule has 122 valence electrons. The maximum atomic E-state index is 13.4. The minimum atomic E-state index is -4.61. The van der Waals surface area contributed by atoms with Crippen molar-refractivity contribution in [1.82, 2.24) is 0 Å². The van der Waals surface area contributed by atoms with Crippen LogP contribution in [0.1, 0.15) is 29.8 Å². The fraction of sp³-hybridized carbons (Fsp3) is 0.385. The summed E-state index contributed by atoms with van der Waals surface area (Å²) in [5.74, 6) is -8.22. The van der Waals surface area contributed by atoms with E-state index in [1.165, 1.54) is 0 Å². The summed E-state index contributed by atoms with van der Waals surface area (Å²) >= 11 is 0. The maximum Gasteiger partial charge on any atom is 0.416 e. The van der Waals surface area contributed by atoms with Crippen LogP contribution >= 0.6 is 0 Å². The van der Waals surface area contributed by atoms with Crippen molar-refractivity contribution in [3.8, 4) is 0 Å². The molecule has 0 aliphatic heterocycles. The first-order valence-electron chi connectivity index (χ1n) is 5.81. The van der Waals surface area contributed by atoms with Crippen LogP contribution in [-0.2, 0) is 15.7 Å². The van der Waals surface area contributed by atoms with Gasteiger partial charge in [0.15, 0.2) is 5.60 Å². The molecule has 0 spiro atoms. The number of halogens is 5. The Kier molecular flexibility index (Phi) is 4.50. The number of alkyl halides is 5. The van der Waals surface area contributed by atoms with Gasteiger partial charge in [0.05, 0.1) is 11.1 Å². The second-order valence-electron chi connectivity index (χ2n) is 4.85. The Labute approximate surface area is 121 Å². The van der Waals surface area contributed by atoms with Crippen LogP contribution in [0.25, 0.3) is 0 Å². The molecule has 1 aromatic carbocycles. The Bertz CT molecular complexity index is 575. The fourth-order valence-corrected chi connectivity index (χ4v) is 1.41. The highest BCUT2D eigenvalue weighted by atomic mass is 19.4. The summed E-state index contributed by atoms with van der Waals surface area (Å²) in [4.78, 5) is 22.1. The molecule has 22 heavy (non-hydrogen) atoms. The van der Waals surface area contributed by atoms with Crippen LogP contribution in [0.15, 0.2) is 24.3 Å². The summed E-state index contributed by atoms with van der Waals surface area (Å²) in [6.45, 7) is 1.37. The molecule has 1 aromatic rings. The molecule has 0 aliphatic rings. The molecule has 1 N–H and O–H groups in total. The van der Waals surface area contributed by atoms with Crippen molar-refractivity contribution in [1.29, 1.82) is 0 Å². The summed E-state index contributed by atoms with van der Waals surface area (Å²) in [6, 6.07) is 2.66. The molecule has 0 saturated heterocycles. The van der Waals surface area contributed by atoms with E-state index >= 15 is 0 Å². The lowest BCUT2D eigenvalue weighted by molar-refractivity contribution is -0.200. The number of carboxylic acid groups (broad SMARTS) is 1. The number of benzene rings is 1. The van der Waals surface area contributed by atoms with Gasteiger partial charge in [-0.2, -0.15) is 22.0 Å². The lowest BCUT2D eigenvalue weighted by Gasteiger charge is -2.30. The molecule has 0 bridgehead atoms. The SMILES string of the molecule is CC(C)(OC(=O)c1ccc(C(F)(F)F)cc1)C(F)(F)C(=O)O. The van der Waals surface area contributed by atoms with E-state index < -0.39 is 40.8 Å². The van der Waals surface area contributed by atoms with E-state index in [1.54, 1.807) is 0 Å². The highest BCUT2D eigenvalue weighted by molar-refractivity contribution is 5.90. The van der Waals surface area contributed by atoms with Crippen LogP contribution in [0.5, 0.6) is 0 Å². The summed E-state index contributed by atoms with van der Waals surface area (Å²) in [5, 5.41) is 8.42. The molecule has 0 aromatic heterocycles. The van der Waals surface area contributed by atoms with E-state index in [0.29, 0.717) is 26.0 Å². The first-order chi connectivity index (χ1) is 9.79. The molecule has 4 nitrogen and oxygen atoms in total. The molecule has 0 fully saturated rings. The van der Waals surface area contributed by atoms with Gasteiger partial charge in [0, 0.05) is 0 Å². The van der Waals surface area contributed by atoms with Gasteiger partial charge in [-0.1, -0.05) is 0 Å². The number of carbonyl (C=O) groups is 2. The van der Waals surface area contributed by atoms with E-state index in [1.807, 2.05) is 0 Å². The number of hydrogen-bond acceptors (Lipinski definition) is 3. The second-order valence-corrected chi connectivity index (χ2v) is 4.85. The van der Waals surface area contributed by atoms with E-state index in [2.05, 4.69) is 4.74 Å². The quantitative estimate of drug-likeness (QED) is 0.681. The summed E-state index contributed by atoms with van der Waals surface area (Å²) < 4.78 is 68.3. The number of esters is 1. The van der Waals surface area contributed by atoms with Gasteiger partial charge in [0.1, 0.15) is 0 Å². The third-order valence-corrected chi connectivity index (χ3v) is 2.82. The zero-order valence-corrected chi connectivity index (χ0v) is 11.4. The Balaban J connectivity index is 2.96. The summed E-state index contributed by atoms with van der Waals surface area (Å²) in [5.41, 5.74) is -4.13. The molecule has 0 amide bonds. The zero-order chi connectivity index (χ0) is 17.3. The van der Waals surface area contributed by atoms with Gasteiger partial charge in [-0.3, -0.25) is 0 Å². The van der Waals surface area contributed by atoms with Gasteiger partial charge in [-0.25, -0.2) is 9.59 Å². The molecule has 9 heteroatoms. The third-order valence-electron chi connectivity index (χ3n) is 2.82. The molecule has 0 aliphatic carbocycles. The first kappa shape index (κ1) is 17.9. The smallest absolute Gasteiger partial charge is 0.416 e. The van der Waals surface area contributed by atoms with Gasteiger partial charge in [0.25, 0.3) is 0 Å². The van der Waals surface area contributed by atoms with E-state index in [4.69, 9.17) is 5.11 Å².